The fourth-order valence-corrected chi connectivity index (χ4v) is 2.83. The maximum Gasteiger partial charge on any atom is 0.245 e. The first kappa shape index (κ1) is 15.7. The van der Waals surface area contributed by atoms with Crippen LogP contribution in [-0.2, 0) is 21.2 Å². The van der Waals surface area contributed by atoms with E-state index in [4.69, 9.17) is 0 Å². The monoisotopic (exact) mass is 324 g/mol. The average Bonchev–Trinajstić information content (AvgIpc) is 2.96. The number of carbonyl (C=O) groups is 1. The highest BCUT2D eigenvalue weighted by atomic mass is 32.2. The predicted molar refractivity (Wildman–Crippen MR) is 84.1 cm³/mol. The van der Waals surface area contributed by atoms with Gasteiger partial charge >= 0.3 is 0 Å². The number of nitrogens with zero attached hydrogens (tertiary/aromatic N) is 2. The molecule has 1 aromatic carbocycles. The van der Waals surface area contributed by atoms with E-state index in [1.165, 1.54) is 23.2 Å². The van der Waals surface area contributed by atoms with Crippen LogP contribution in [0.15, 0.2) is 41.2 Å². The Hall–Kier alpha value is -1.73. The molecule has 112 valence electrons. The number of thiazole rings is 1. The Bertz CT molecular complexity index is 697. The number of anilines is 1. The molecule has 0 unspecified atom stereocenters. The fourth-order valence-electron chi connectivity index (χ4n) is 1.78. The molecule has 1 atom stereocenters. The summed E-state index contributed by atoms with van der Waals surface area (Å²) in [6.45, 7) is 1.67. The quantitative estimate of drug-likeness (QED) is 0.845. The molecule has 0 aliphatic carbocycles. The second-order valence-electron chi connectivity index (χ2n) is 4.71. The van der Waals surface area contributed by atoms with E-state index in [9.17, 15) is 13.2 Å². The van der Waals surface area contributed by atoms with Gasteiger partial charge in [-0.25, -0.2) is 13.4 Å². The van der Waals surface area contributed by atoms with Gasteiger partial charge in [-0.05, 0) is 19.1 Å². The van der Waals surface area contributed by atoms with Gasteiger partial charge in [0.15, 0.2) is 9.84 Å². The zero-order chi connectivity index (χ0) is 15.5. The molecule has 0 spiro atoms. The normalized spacial score (nSPS) is 12.9. The van der Waals surface area contributed by atoms with E-state index in [1.54, 1.807) is 17.6 Å². The van der Waals surface area contributed by atoms with Crippen LogP contribution >= 0.6 is 11.3 Å². The van der Waals surface area contributed by atoms with Crippen LogP contribution in [0.1, 0.15) is 12.6 Å². The van der Waals surface area contributed by atoms with Crippen molar-refractivity contribution < 1.29 is 13.2 Å². The number of hydrogen-bond acceptors (Lipinski definition) is 5. The van der Waals surface area contributed by atoms with Crippen LogP contribution in [0.4, 0.5) is 5.69 Å². The first-order valence-corrected chi connectivity index (χ1v) is 9.21. The van der Waals surface area contributed by atoms with Crippen LogP contribution in [-0.4, -0.2) is 30.8 Å². The Morgan fingerprint density at radius 2 is 2.00 bits per heavy atom. The summed E-state index contributed by atoms with van der Waals surface area (Å²) in [5.41, 5.74) is 3.08. The molecule has 0 radical (unpaired) electrons. The van der Waals surface area contributed by atoms with Gasteiger partial charge in [0.25, 0.3) is 0 Å². The number of amides is 1. The van der Waals surface area contributed by atoms with Crippen molar-refractivity contribution in [2.24, 2.45) is 0 Å². The third-order valence-electron chi connectivity index (χ3n) is 3.13. The standard InChI is InChI=1S/C14H16N2O3S2/c1-11(21(2,18)19)14(17)16(8-12-9-20-10-15-12)13-6-4-3-5-7-13/h3-7,9-11H,8H2,1-2H3/t11-/m0/s1. The lowest BCUT2D eigenvalue weighted by atomic mass is 10.2. The first-order valence-electron chi connectivity index (χ1n) is 6.32. The van der Waals surface area contributed by atoms with Crippen LogP contribution in [0.25, 0.3) is 0 Å². The Morgan fingerprint density at radius 3 is 2.52 bits per heavy atom. The summed E-state index contributed by atoms with van der Waals surface area (Å²) in [5.74, 6) is -0.447. The van der Waals surface area contributed by atoms with Gasteiger partial charge in [0.05, 0.1) is 17.7 Å². The molecular formula is C14H16N2O3S2. The Kier molecular flexibility index (Phi) is 4.74. The minimum atomic E-state index is -3.44. The van der Waals surface area contributed by atoms with E-state index in [-0.39, 0.29) is 6.54 Å². The van der Waals surface area contributed by atoms with Crippen molar-refractivity contribution in [1.82, 2.24) is 4.98 Å². The highest BCUT2D eigenvalue weighted by Crippen LogP contribution is 2.19. The molecule has 0 N–H and O–H groups in total. The molecule has 1 heterocycles. The van der Waals surface area contributed by atoms with Crippen molar-refractivity contribution >= 4 is 32.8 Å². The Morgan fingerprint density at radius 1 is 1.33 bits per heavy atom. The lowest BCUT2D eigenvalue weighted by Crippen LogP contribution is -2.41. The van der Waals surface area contributed by atoms with Gasteiger partial charge in [0, 0.05) is 17.3 Å². The van der Waals surface area contributed by atoms with E-state index in [1.807, 2.05) is 23.6 Å². The van der Waals surface area contributed by atoms with Gasteiger partial charge in [0.2, 0.25) is 5.91 Å². The molecule has 0 bridgehead atoms. The summed E-state index contributed by atoms with van der Waals surface area (Å²) in [5, 5.41) is 0.755. The molecule has 0 aliphatic rings. The van der Waals surface area contributed by atoms with Crippen LogP contribution in [0.2, 0.25) is 0 Å². The van der Waals surface area contributed by atoms with Crippen LogP contribution < -0.4 is 4.90 Å². The number of aromatic nitrogens is 1. The van der Waals surface area contributed by atoms with Crippen molar-refractivity contribution in [2.45, 2.75) is 18.7 Å². The smallest absolute Gasteiger partial charge is 0.245 e. The molecular weight excluding hydrogens is 308 g/mol. The van der Waals surface area contributed by atoms with Crippen molar-refractivity contribution in [3.8, 4) is 0 Å². The molecule has 2 rings (SSSR count). The molecule has 1 aromatic heterocycles. The minimum absolute atomic E-state index is 0.256. The van der Waals surface area contributed by atoms with E-state index in [0.29, 0.717) is 5.69 Å². The van der Waals surface area contributed by atoms with Gasteiger partial charge in [-0.1, -0.05) is 18.2 Å². The number of rotatable bonds is 5. The zero-order valence-corrected chi connectivity index (χ0v) is 13.4. The third-order valence-corrected chi connectivity index (χ3v) is 5.25. The second-order valence-corrected chi connectivity index (χ2v) is 7.80. The van der Waals surface area contributed by atoms with E-state index in [2.05, 4.69) is 4.98 Å². The summed E-state index contributed by atoms with van der Waals surface area (Å²) in [7, 11) is -3.44. The maximum atomic E-state index is 12.5. The van der Waals surface area contributed by atoms with Gasteiger partial charge in [-0.2, -0.15) is 0 Å². The topological polar surface area (TPSA) is 67.3 Å². The molecule has 1 amide bonds. The fraction of sp³-hybridized carbons (Fsp3) is 0.286. The van der Waals surface area contributed by atoms with E-state index in [0.717, 1.165) is 11.9 Å². The van der Waals surface area contributed by atoms with Crippen molar-refractivity contribution in [1.29, 1.82) is 0 Å². The van der Waals surface area contributed by atoms with Crippen LogP contribution in [0.5, 0.6) is 0 Å². The number of carbonyl (C=O) groups excluding carboxylic acids is 1. The second kappa shape index (κ2) is 6.36. The number of hydrogen-bond donors (Lipinski definition) is 0. The van der Waals surface area contributed by atoms with Crippen molar-refractivity contribution in [3.05, 3.63) is 46.9 Å². The Balaban J connectivity index is 2.34. The average molecular weight is 324 g/mol. The van der Waals surface area contributed by atoms with E-state index >= 15 is 0 Å². The van der Waals surface area contributed by atoms with Gasteiger partial charge in [-0.15, -0.1) is 11.3 Å². The molecule has 7 heteroatoms. The summed E-state index contributed by atoms with van der Waals surface area (Å²) in [6.07, 6.45) is 1.07. The third kappa shape index (κ3) is 3.89. The Labute approximate surface area is 128 Å². The predicted octanol–water partition coefficient (Wildman–Crippen LogP) is 2.11. The molecule has 21 heavy (non-hydrogen) atoms. The summed E-state index contributed by atoms with van der Waals surface area (Å²) in [4.78, 5) is 18.2. The highest BCUT2D eigenvalue weighted by molar-refractivity contribution is 7.92. The van der Waals surface area contributed by atoms with Gasteiger partial charge in [-0.3, -0.25) is 4.79 Å². The molecule has 0 saturated carbocycles. The summed E-state index contributed by atoms with van der Waals surface area (Å²) in [6, 6.07) is 9.01. The van der Waals surface area contributed by atoms with Crippen molar-refractivity contribution in [2.75, 3.05) is 11.2 Å². The van der Waals surface area contributed by atoms with Crippen LogP contribution in [0, 0.1) is 0 Å². The number of benzene rings is 1. The maximum absolute atomic E-state index is 12.5. The highest BCUT2D eigenvalue weighted by Gasteiger charge is 2.29. The minimum Gasteiger partial charge on any atom is -0.305 e. The van der Waals surface area contributed by atoms with Crippen molar-refractivity contribution in [3.63, 3.8) is 0 Å². The van der Waals surface area contributed by atoms with E-state index < -0.39 is 21.0 Å². The summed E-state index contributed by atoms with van der Waals surface area (Å²) < 4.78 is 23.3. The van der Waals surface area contributed by atoms with Gasteiger partial charge < -0.3 is 4.90 Å². The van der Waals surface area contributed by atoms with Gasteiger partial charge in [0.1, 0.15) is 5.25 Å². The largest absolute Gasteiger partial charge is 0.305 e. The molecule has 0 saturated heterocycles. The first-order chi connectivity index (χ1) is 9.89. The zero-order valence-electron chi connectivity index (χ0n) is 11.8. The van der Waals surface area contributed by atoms with Crippen LogP contribution in [0.3, 0.4) is 0 Å². The SMILES string of the molecule is C[C@@H](C(=O)N(Cc1cscn1)c1ccccc1)S(C)(=O)=O. The number of sulfone groups is 1. The molecule has 0 aliphatic heterocycles. The molecule has 2 aromatic rings. The lowest BCUT2D eigenvalue weighted by Gasteiger charge is -2.24. The summed E-state index contributed by atoms with van der Waals surface area (Å²) >= 11 is 1.44. The molecule has 5 nitrogen and oxygen atoms in total. The molecule has 0 fully saturated rings. The lowest BCUT2D eigenvalue weighted by molar-refractivity contribution is -0.118. The number of para-hydroxylation sites is 1.